The van der Waals surface area contributed by atoms with Gasteiger partial charge in [-0.2, -0.15) is 5.10 Å². The molecule has 0 unspecified atom stereocenters. The van der Waals surface area contributed by atoms with Crippen LogP contribution in [0.25, 0.3) is 0 Å². The minimum atomic E-state index is -3.67. The standard InChI is InChI=1S/C20H24ClN3O3S/c1-13-6-8-17(16(4)15(13)3)11-22-23-20(25)12-24(28(5,26)27)18-9-7-14(2)19(21)10-18/h6-11H,12H2,1-5H3,(H,23,25)/b22-11-. The highest BCUT2D eigenvalue weighted by Gasteiger charge is 2.21. The molecule has 0 aliphatic heterocycles. The molecule has 0 heterocycles. The molecule has 1 amide bonds. The first-order valence-corrected chi connectivity index (χ1v) is 10.9. The minimum absolute atomic E-state index is 0.322. The maximum Gasteiger partial charge on any atom is 0.260 e. The smallest absolute Gasteiger partial charge is 0.260 e. The number of hydrogen-bond donors (Lipinski definition) is 1. The van der Waals surface area contributed by atoms with Crippen LogP contribution in [-0.2, 0) is 14.8 Å². The van der Waals surface area contributed by atoms with E-state index in [9.17, 15) is 13.2 Å². The summed E-state index contributed by atoms with van der Waals surface area (Å²) in [5, 5.41) is 4.39. The Kier molecular flexibility index (Phi) is 6.85. The molecule has 8 heteroatoms. The third-order valence-corrected chi connectivity index (χ3v) is 6.17. The van der Waals surface area contributed by atoms with E-state index in [1.807, 2.05) is 39.8 Å². The number of carbonyl (C=O) groups is 1. The van der Waals surface area contributed by atoms with Crippen molar-refractivity contribution in [2.45, 2.75) is 27.7 Å². The normalized spacial score (nSPS) is 11.6. The van der Waals surface area contributed by atoms with Gasteiger partial charge in [0.05, 0.1) is 18.2 Å². The van der Waals surface area contributed by atoms with Crippen LogP contribution in [0.2, 0.25) is 5.02 Å². The van der Waals surface area contributed by atoms with Crippen molar-refractivity contribution in [1.82, 2.24) is 5.43 Å². The summed E-state index contributed by atoms with van der Waals surface area (Å²) in [7, 11) is -3.67. The number of nitrogens with one attached hydrogen (secondary N) is 1. The molecule has 0 saturated carbocycles. The molecule has 0 aliphatic rings. The van der Waals surface area contributed by atoms with Crippen molar-refractivity contribution < 1.29 is 13.2 Å². The number of sulfonamides is 1. The number of hydrazone groups is 1. The van der Waals surface area contributed by atoms with Crippen molar-refractivity contribution >= 4 is 39.4 Å². The van der Waals surface area contributed by atoms with Gasteiger partial charge in [0.2, 0.25) is 10.0 Å². The Morgan fingerprint density at radius 3 is 2.36 bits per heavy atom. The number of rotatable bonds is 6. The van der Waals surface area contributed by atoms with E-state index in [1.165, 1.54) is 11.6 Å². The summed E-state index contributed by atoms with van der Waals surface area (Å²) in [4.78, 5) is 12.3. The predicted molar refractivity (Wildman–Crippen MR) is 115 cm³/mol. The van der Waals surface area contributed by atoms with Crippen LogP contribution in [0.4, 0.5) is 5.69 Å². The van der Waals surface area contributed by atoms with E-state index in [-0.39, 0.29) is 0 Å². The number of carbonyl (C=O) groups excluding carboxylic acids is 1. The Labute approximate surface area is 171 Å². The third kappa shape index (κ3) is 5.33. The van der Waals surface area contributed by atoms with E-state index in [4.69, 9.17) is 11.6 Å². The maximum atomic E-state index is 12.3. The third-order valence-electron chi connectivity index (χ3n) is 4.62. The van der Waals surface area contributed by atoms with Crippen molar-refractivity contribution in [3.8, 4) is 0 Å². The molecular formula is C20H24ClN3O3S. The van der Waals surface area contributed by atoms with E-state index in [2.05, 4.69) is 10.5 Å². The molecule has 0 saturated heterocycles. The molecule has 2 aromatic carbocycles. The molecule has 0 fully saturated rings. The van der Waals surface area contributed by atoms with Gasteiger partial charge in [-0.25, -0.2) is 13.8 Å². The minimum Gasteiger partial charge on any atom is -0.271 e. The van der Waals surface area contributed by atoms with E-state index < -0.39 is 22.5 Å². The first-order valence-electron chi connectivity index (χ1n) is 8.63. The van der Waals surface area contributed by atoms with E-state index in [0.717, 1.165) is 32.8 Å². The fourth-order valence-corrected chi connectivity index (χ4v) is 3.62. The molecule has 0 radical (unpaired) electrons. The van der Waals surface area contributed by atoms with Gasteiger partial charge in [0.15, 0.2) is 0 Å². The Balaban J connectivity index is 2.14. The Morgan fingerprint density at radius 1 is 1.11 bits per heavy atom. The fourth-order valence-electron chi connectivity index (χ4n) is 2.59. The number of amides is 1. The van der Waals surface area contributed by atoms with Crippen LogP contribution < -0.4 is 9.73 Å². The average molecular weight is 422 g/mol. The molecule has 1 N–H and O–H groups in total. The topological polar surface area (TPSA) is 78.8 Å². The summed E-state index contributed by atoms with van der Waals surface area (Å²) in [6, 6.07) is 8.74. The number of aryl methyl sites for hydroxylation is 2. The molecular weight excluding hydrogens is 398 g/mol. The van der Waals surface area contributed by atoms with Crippen LogP contribution in [0.1, 0.15) is 27.8 Å². The van der Waals surface area contributed by atoms with Crippen LogP contribution >= 0.6 is 11.6 Å². The van der Waals surface area contributed by atoms with E-state index in [1.54, 1.807) is 18.3 Å². The molecule has 6 nitrogen and oxygen atoms in total. The van der Waals surface area contributed by atoms with E-state index >= 15 is 0 Å². The van der Waals surface area contributed by atoms with Gasteiger partial charge < -0.3 is 0 Å². The molecule has 0 spiro atoms. The zero-order chi connectivity index (χ0) is 21.1. The summed E-state index contributed by atoms with van der Waals surface area (Å²) < 4.78 is 25.3. The highest BCUT2D eigenvalue weighted by atomic mass is 35.5. The van der Waals surface area contributed by atoms with Gasteiger partial charge in [-0.1, -0.05) is 29.8 Å². The Morgan fingerprint density at radius 2 is 1.75 bits per heavy atom. The fraction of sp³-hybridized carbons (Fsp3) is 0.300. The second kappa shape index (κ2) is 8.75. The lowest BCUT2D eigenvalue weighted by Crippen LogP contribution is -2.39. The lowest BCUT2D eigenvalue weighted by atomic mass is 10.00. The summed E-state index contributed by atoms with van der Waals surface area (Å²) in [5.74, 6) is -0.556. The summed E-state index contributed by atoms with van der Waals surface area (Å²) in [5.41, 5.74) is 7.82. The van der Waals surface area contributed by atoms with Crippen molar-refractivity contribution in [3.05, 3.63) is 63.2 Å². The van der Waals surface area contributed by atoms with Crippen LogP contribution in [-0.4, -0.2) is 33.3 Å². The number of halogens is 1. The maximum absolute atomic E-state index is 12.3. The van der Waals surface area contributed by atoms with Crippen LogP contribution in [0.3, 0.4) is 0 Å². The SMILES string of the molecule is Cc1ccc(N(CC(=O)N/N=C\c2ccc(C)c(C)c2C)S(C)(=O)=O)cc1Cl. The molecule has 0 bridgehead atoms. The molecule has 0 aliphatic carbocycles. The van der Waals surface area contributed by atoms with Crippen molar-refractivity contribution in [2.75, 3.05) is 17.1 Å². The van der Waals surface area contributed by atoms with Crippen molar-refractivity contribution in [3.63, 3.8) is 0 Å². The van der Waals surface area contributed by atoms with Crippen molar-refractivity contribution in [2.24, 2.45) is 5.10 Å². The van der Waals surface area contributed by atoms with Gasteiger partial charge in [0.1, 0.15) is 6.54 Å². The van der Waals surface area contributed by atoms with Crippen LogP contribution in [0.15, 0.2) is 35.4 Å². The molecule has 28 heavy (non-hydrogen) atoms. The largest absolute Gasteiger partial charge is 0.271 e. The first-order chi connectivity index (χ1) is 13.0. The van der Waals surface area contributed by atoms with Gasteiger partial charge in [0, 0.05) is 5.02 Å². The quantitative estimate of drug-likeness (QED) is 0.572. The first kappa shape index (κ1) is 21.9. The molecule has 2 rings (SSSR count). The lowest BCUT2D eigenvalue weighted by Gasteiger charge is -2.21. The number of nitrogens with zero attached hydrogens (tertiary/aromatic N) is 2. The Bertz CT molecular complexity index is 1030. The average Bonchev–Trinajstić information content (AvgIpc) is 2.61. The number of hydrogen-bond acceptors (Lipinski definition) is 4. The second-order valence-corrected chi connectivity index (χ2v) is 9.03. The van der Waals surface area contributed by atoms with Gasteiger partial charge in [-0.3, -0.25) is 9.10 Å². The van der Waals surface area contributed by atoms with Gasteiger partial charge in [0.25, 0.3) is 5.91 Å². The van der Waals surface area contributed by atoms with Crippen molar-refractivity contribution in [1.29, 1.82) is 0 Å². The van der Waals surface area contributed by atoms with Gasteiger partial charge in [-0.15, -0.1) is 0 Å². The number of anilines is 1. The zero-order valence-electron chi connectivity index (χ0n) is 16.6. The lowest BCUT2D eigenvalue weighted by molar-refractivity contribution is -0.119. The van der Waals surface area contributed by atoms with Gasteiger partial charge >= 0.3 is 0 Å². The summed E-state index contributed by atoms with van der Waals surface area (Å²) in [6.07, 6.45) is 2.59. The van der Waals surface area contributed by atoms with Crippen LogP contribution in [0, 0.1) is 27.7 Å². The predicted octanol–water partition coefficient (Wildman–Crippen LogP) is 3.49. The zero-order valence-corrected chi connectivity index (χ0v) is 18.1. The number of benzene rings is 2. The molecule has 150 valence electrons. The second-order valence-electron chi connectivity index (χ2n) is 6.72. The van der Waals surface area contributed by atoms with E-state index in [0.29, 0.717) is 10.7 Å². The molecule has 0 atom stereocenters. The monoisotopic (exact) mass is 421 g/mol. The Hall–Kier alpha value is -2.38. The van der Waals surface area contributed by atoms with Crippen LogP contribution in [0.5, 0.6) is 0 Å². The highest BCUT2D eigenvalue weighted by molar-refractivity contribution is 7.92. The molecule has 2 aromatic rings. The molecule has 0 aromatic heterocycles. The van der Waals surface area contributed by atoms with Gasteiger partial charge in [-0.05, 0) is 67.6 Å². The summed E-state index contributed by atoms with van der Waals surface area (Å²) in [6.45, 7) is 7.45. The summed E-state index contributed by atoms with van der Waals surface area (Å²) >= 11 is 6.09. The highest BCUT2D eigenvalue weighted by Crippen LogP contribution is 2.24.